The highest BCUT2D eigenvalue weighted by Gasteiger charge is 2.33. The van der Waals surface area contributed by atoms with Crippen LogP contribution in [0.2, 0.25) is 5.02 Å². The molecule has 1 aromatic heterocycles. The number of halogens is 1. The SMILES string of the molecule is CC(C)C[C@H](N[C@H](C(=O)NCc1ccccc1)c1c(C(=O)NO)[nH]c2cc(Cl)ccc12)C(=O)NO. The zero-order valence-electron chi connectivity index (χ0n) is 19.3. The van der Waals surface area contributed by atoms with Gasteiger partial charge >= 0.3 is 0 Å². The number of hydrogen-bond acceptors (Lipinski definition) is 6. The molecule has 0 aliphatic rings. The molecule has 0 unspecified atom stereocenters. The number of hydrogen-bond donors (Lipinski definition) is 7. The minimum absolute atomic E-state index is 0.0415. The molecule has 0 bridgehead atoms. The third kappa shape index (κ3) is 6.37. The highest BCUT2D eigenvalue weighted by atomic mass is 35.5. The lowest BCUT2D eigenvalue weighted by atomic mass is 9.97. The monoisotopic (exact) mass is 501 g/mol. The van der Waals surface area contributed by atoms with Gasteiger partial charge in [-0.05, 0) is 30.0 Å². The first-order chi connectivity index (χ1) is 16.7. The van der Waals surface area contributed by atoms with Gasteiger partial charge in [-0.15, -0.1) is 0 Å². The van der Waals surface area contributed by atoms with Crippen LogP contribution in [0, 0.1) is 5.92 Å². The fourth-order valence-corrected chi connectivity index (χ4v) is 4.08. The van der Waals surface area contributed by atoms with Gasteiger partial charge in [-0.2, -0.15) is 0 Å². The van der Waals surface area contributed by atoms with E-state index in [0.29, 0.717) is 22.3 Å². The summed E-state index contributed by atoms with van der Waals surface area (Å²) >= 11 is 6.11. The summed E-state index contributed by atoms with van der Waals surface area (Å²) in [6.45, 7) is 3.99. The van der Waals surface area contributed by atoms with Gasteiger partial charge in [0.1, 0.15) is 11.7 Å². The second-order valence-electron chi connectivity index (χ2n) is 8.51. The fourth-order valence-electron chi connectivity index (χ4n) is 3.90. The molecule has 186 valence electrons. The predicted molar refractivity (Wildman–Crippen MR) is 130 cm³/mol. The topological polar surface area (TPSA) is 156 Å². The normalized spacial score (nSPS) is 12.9. The van der Waals surface area contributed by atoms with Crippen molar-refractivity contribution in [1.29, 1.82) is 0 Å². The number of benzene rings is 2. The number of amides is 3. The predicted octanol–water partition coefficient (Wildman–Crippen LogP) is 2.81. The molecule has 3 aromatic rings. The molecule has 0 saturated heterocycles. The number of H-pyrrole nitrogens is 1. The number of hydroxylamine groups is 2. The summed E-state index contributed by atoms with van der Waals surface area (Å²) < 4.78 is 0. The van der Waals surface area contributed by atoms with Crippen LogP contribution in [0.3, 0.4) is 0 Å². The van der Waals surface area contributed by atoms with Crippen LogP contribution in [0.5, 0.6) is 0 Å². The number of fused-ring (bicyclic) bond motifs is 1. The molecule has 3 rings (SSSR count). The molecule has 11 heteroatoms. The van der Waals surface area contributed by atoms with Crippen LogP contribution < -0.4 is 21.6 Å². The number of aromatic nitrogens is 1. The summed E-state index contributed by atoms with van der Waals surface area (Å²) in [4.78, 5) is 41.4. The molecule has 2 atom stereocenters. The second kappa shape index (κ2) is 11.8. The van der Waals surface area contributed by atoms with Crippen LogP contribution >= 0.6 is 11.6 Å². The van der Waals surface area contributed by atoms with Gasteiger partial charge in [0, 0.05) is 28.0 Å². The molecule has 0 fully saturated rings. The maximum atomic E-state index is 13.5. The summed E-state index contributed by atoms with van der Waals surface area (Å²) in [5, 5.41) is 25.3. The smallest absolute Gasteiger partial charge is 0.291 e. The zero-order valence-corrected chi connectivity index (χ0v) is 20.0. The van der Waals surface area contributed by atoms with Crippen LogP contribution in [-0.2, 0) is 16.1 Å². The van der Waals surface area contributed by atoms with Crippen LogP contribution in [0.4, 0.5) is 0 Å². The van der Waals surface area contributed by atoms with Crippen LogP contribution in [0.15, 0.2) is 48.5 Å². The van der Waals surface area contributed by atoms with Gasteiger partial charge in [0.2, 0.25) is 5.91 Å². The molecule has 0 aliphatic heterocycles. The van der Waals surface area contributed by atoms with E-state index < -0.39 is 29.8 Å². The van der Waals surface area contributed by atoms with Gasteiger partial charge in [-0.3, -0.25) is 30.1 Å². The van der Waals surface area contributed by atoms with Gasteiger partial charge in [0.25, 0.3) is 11.8 Å². The van der Waals surface area contributed by atoms with Gasteiger partial charge in [0.05, 0.1) is 6.04 Å². The Hall–Kier alpha value is -3.44. The fraction of sp³-hybridized carbons (Fsp3) is 0.292. The summed E-state index contributed by atoms with van der Waals surface area (Å²) in [6.07, 6.45) is 0.296. The number of rotatable bonds is 10. The molecule has 3 amide bonds. The van der Waals surface area contributed by atoms with Crippen molar-refractivity contribution in [2.75, 3.05) is 0 Å². The maximum Gasteiger partial charge on any atom is 0.291 e. The van der Waals surface area contributed by atoms with Gasteiger partial charge in [-0.1, -0.05) is 61.8 Å². The summed E-state index contributed by atoms with van der Waals surface area (Å²) in [5.74, 6) is -2.08. The standard InChI is InChI=1S/C24H28ClN5O5/c1-13(2)10-18(22(31)29-34)28-20(23(32)26-12-14-6-4-3-5-7-14)19-16-9-8-15(25)11-17(16)27-21(19)24(33)30-35/h3-9,11,13,18,20,27-28,34-35H,10,12H2,1-2H3,(H,26,32)(H,29,31)(H,30,33)/t18-,20-/m0/s1. The Labute approximate surface area is 207 Å². The zero-order chi connectivity index (χ0) is 25.5. The average Bonchev–Trinajstić information content (AvgIpc) is 3.22. The molecule has 10 nitrogen and oxygen atoms in total. The number of nitrogens with one attached hydrogen (secondary N) is 5. The van der Waals surface area contributed by atoms with E-state index in [0.717, 1.165) is 5.56 Å². The first-order valence-corrected chi connectivity index (χ1v) is 11.4. The molecule has 7 N–H and O–H groups in total. The molecule has 1 heterocycles. The Morgan fingerprint density at radius 3 is 2.34 bits per heavy atom. The maximum absolute atomic E-state index is 13.5. The lowest BCUT2D eigenvalue weighted by Gasteiger charge is -2.26. The van der Waals surface area contributed by atoms with Crippen molar-refractivity contribution < 1.29 is 24.8 Å². The summed E-state index contributed by atoms with van der Waals surface area (Å²) in [7, 11) is 0. The molecule has 2 aromatic carbocycles. The van der Waals surface area contributed by atoms with E-state index in [1.165, 1.54) is 0 Å². The van der Waals surface area contributed by atoms with E-state index in [1.54, 1.807) is 29.2 Å². The Kier molecular flexibility index (Phi) is 8.83. The molecular formula is C24H28ClN5O5. The Morgan fingerprint density at radius 1 is 1.00 bits per heavy atom. The van der Waals surface area contributed by atoms with Crippen LogP contribution in [-0.4, -0.2) is 39.2 Å². The van der Waals surface area contributed by atoms with Crippen molar-refractivity contribution >= 4 is 40.2 Å². The molecule has 0 radical (unpaired) electrons. The largest absolute Gasteiger partial charge is 0.350 e. The third-order valence-electron chi connectivity index (χ3n) is 5.49. The average molecular weight is 502 g/mol. The minimum Gasteiger partial charge on any atom is -0.350 e. The van der Waals surface area contributed by atoms with Gasteiger partial charge in [-0.25, -0.2) is 11.0 Å². The van der Waals surface area contributed by atoms with E-state index in [1.807, 2.05) is 44.2 Å². The molecule has 0 saturated carbocycles. The van der Waals surface area contributed by atoms with Crippen molar-refractivity contribution in [3.8, 4) is 0 Å². The Morgan fingerprint density at radius 2 is 1.71 bits per heavy atom. The van der Waals surface area contributed by atoms with Crippen molar-refractivity contribution in [3.63, 3.8) is 0 Å². The minimum atomic E-state index is -1.21. The second-order valence-corrected chi connectivity index (χ2v) is 8.94. The van der Waals surface area contributed by atoms with E-state index in [4.69, 9.17) is 11.6 Å². The summed E-state index contributed by atoms with van der Waals surface area (Å²) in [6, 6.07) is 11.9. The highest BCUT2D eigenvalue weighted by molar-refractivity contribution is 6.31. The van der Waals surface area contributed by atoms with Crippen molar-refractivity contribution in [3.05, 3.63) is 70.4 Å². The van der Waals surface area contributed by atoms with Crippen LogP contribution in [0.1, 0.15) is 47.9 Å². The first-order valence-electron chi connectivity index (χ1n) is 11.0. The van der Waals surface area contributed by atoms with Crippen molar-refractivity contribution in [2.45, 2.75) is 38.9 Å². The number of carbonyl (C=O) groups excluding carboxylic acids is 3. The van der Waals surface area contributed by atoms with E-state index >= 15 is 0 Å². The lowest BCUT2D eigenvalue weighted by Crippen LogP contribution is -2.49. The van der Waals surface area contributed by atoms with Crippen LogP contribution in [0.25, 0.3) is 10.9 Å². The van der Waals surface area contributed by atoms with E-state index in [2.05, 4.69) is 15.6 Å². The van der Waals surface area contributed by atoms with Gasteiger partial charge < -0.3 is 10.3 Å². The molecule has 0 aliphatic carbocycles. The molecule has 0 spiro atoms. The third-order valence-corrected chi connectivity index (χ3v) is 5.73. The molecular weight excluding hydrogens is 474 g/mol. The highest BCUT2D eigenvalue weighted by Crippen LogP contribution is 2.31. The van der Waals surface area contributed by atoms with E-state index in [-0.39, 0.29) is 23.7 Å². The summed E-state index contributed by atoms with van der Waals surface area (Å²) in [5.41, 5.74) is 4.67. The molecule has 35 heavy (non-hydrogen) atoms. The first kappa shape index (κ1) is 26.2. The number of aromatic amines is 1. The van der Waals surface area contributed by atoms with Gasteiger partial charge in [0.15, 0.2) is 0 Å². The van der Waals surface area contributed by atoms with E-state index in [9.17, 15) is 24.8 Å². The van der Waals surface area contributed by atoms with Crippen molar-refractivity contribution in [1.82, 2.24) is 26.6 Å². The lowest BCUT2D eigenvalue weighted by molar-refractivity contribution is -0.132. The van der Waals surface area contributed by atoms with Crippen molar-refractivity contribution in [2.24, 2.45) is 5.92 Å². The Balaban J connectivity index is 2.09. The quantitative estimate of drug-likeness (QED) is 0.167. The number of carbonyl (C=O) groups is 3. The Bertz CT molecular complexity index is 1200.